The van der Waals surface area contributed by atoms with E-state index in [4.69, 9.17) is 0 Å². The first-order chi connectivity index (χ1) is 7.35. The van der Waals surface area contributed by atoms with Crippen LogP contribution in [-0.4, -0.2) is 11.3 Å². The maximum absolute atomic E-state index is 10.7. The zero-order valence-electron chi connectivity index (χ0n) is 9.98. The first-order valence-electron chi connectivity index (χ1n) is 5.91. The van der Waals surface area contributed by atoms with Crippen molar-refractivity contribution < 1.29 is 4.79 Å². The smallest absolute Gasteiger partial charge is 0.217 e. The van der Waals surface area contributed by atoms with Crippen molar-refractivity contribution in [1.82, 2.24) is 4.90 Å². The third kappa shape index (κ3) is 9.26. The number of nitrogens with zero attached hydrogens (tertiary/aromatic N) is 1. The van der Waals surface area contributed by atoms with Gasteiger partial charge >= 0.3 is 0 Å². The number of unbranched alkanes of at least 4 members (excludes halogenated alkanes) is 4. The van der Waals surface area contributed by atoms with Crippen LogP contribution in [0.5, 0.6) is 0 Å². The van der Waals surface area contributed by atoms with Crippen LogP contribution in [0.4, 0.5) is 0 Å². The lowest BCUT2D eigenvalue weighted by Crippen LogP contribution is -2.05. The summed E-state index contributed by atoms with van der Waals surface area (Å²) in [5, 5.41) is 0. The number of hydrogen-bond donors (Lipinski definition) is 0. The van der Waals surface area contributed by atoms with Gasteiger partial charge in [-0.3, -0.25) is 9.69 Å². The van der Waals surface area contributed by atoms with Gasteiger partial charge in [-0.1, -0.05) is 51.7 Å². The maximum Gasteiger partial charge on any atom is 0.217 e. The van der Waals surface area contributed by atoms with Crippen LogP contribution >= 0.6 is 0 Å². The third-order valence-electron chi connectivity index (χ3n) is 2.13. The fourth-order valence-electron chi connectivity index (χ4n) is 1.16. The van der Waals surface area contributed by atoms with Gasteiger partial charge in [-0.2, -0.15) is 0 Å². The third-order valence-corrected chi connectivity index (χ3v) is 2.13. The van der Waals surface area contributed by atoms with E-state index in [1.165, 1.54) is 25.7 Å². The summed E-state index contributed by atoms with van der Waals surface area (Å²) < 4.78 is 0. The molecule has 0 aliphatic rings. The van der Waals surface area contributed by atoms with E-state index in [0.717, 1.165) is 19.3 Å². The predicted molar refractivity (Wildman–Crippen MR) is 65.2 cm³/mol. The second-order valence-corrected chi connectivity index (χ2v) is 3.61. The molecule has 2 nitrogen and oxygen atoms in total. The van der Waals surface area contributed by atoms with Gasteiger partial charge in [0.25, 0.3) is 0 Å². The van der Waals surface area contributed by atoms with Crippen LogP contribution in [0.3, 0.4) is 0 Å². The molecule has 0 saturated heterocycles. The van der Waals surface area contributed by atoms with Gasteiger partial charge in [-0.05, 0) is 12.8 Å². The number of hydrogen-bond acceptors (Lipinski definition) is 1. The molecule has 0 N–H and O–H groups in total. The first-order valence-corrected chi connectivity index (χ1v) is 5.91. The highest BCUT2D eigenvalue weighted by Gasteiger charge is 1.88. The highest BCUT2D eigenvalue weighted by atomic mass is 16.1. The lowest BCUT2D eigenvalue weighted by Gasteiger charge is -2.04. The van der Waals surface area contributed by atoms with E-state index in [1.54, 1.807) is 4.90 Å². The minimum Gasteiger partial charge on any atom is -0.298 e. The van der Waals surface area contributed by atoms with Crippen LogP contribution in [0.15, 0.2) is 24.6 Å². The van der Waals surface area contributed by atoms with Crippen molar-refractivity contribution in [3.8, 4) is 0 Å². The van der Waals surface area contributed by atoms with Crippen molar-refractivity contribution in [2.24, 2.45) is 0 Å². The van der Waals surface area contributed by atoms with E-state index in [-0.39, 0.29) is 0 Å². The zero-order chi connectivity index (χ0) is 11.4. The molecule has 0 radical (unpaired) electrons. The Kier molecular flexibility index (Phi) is 10.3. The van der Waals surface area contributed by atoms with E-state index in [2.05, 4.69) is 13.8 Å². The molecule has 0 rings (SSSR count). The van der Waals surface area contributed by atoms with Crippen molar-refractivity contribution in [2.45, 2.75) is 52.4 Å². The largest absolute Gasteiger partial charge is 0.298 e. The Bertz CT molecular complexity index is 179. The molecule has 0 aromatic carbocycles. The summed E-state index contributed by atoms with van der Waals surface area (Å²) in [6, 6.07) is 0. The van der Waals surface area contributed by atoms with Crippen molar-refractivity contribution in [1.29, 1.82) is 0 Å². The Hall–Kier alpha value is -1.05. The molecular weight excluding hydrogens is 186 g/mol. The average molecular weight is 209 g/mol. The van der Waals surface area contributed by atoms with Crippen LogP contribution in [-0.2, 0) is 4.79 Å². The van der Waals surface area contributed by atoms with Crippen LogP contribution in [0.2, 0.25) is 0 Å². The van der Waals surface area contributed by atoms with E-state index in [1.807, 2.05) is 24.6 Å². The summed E-state index contributed by atoms with van der Waals surface area (Å²) >= 11 is 0. The number of allylic oxidation sites excluding steroid dienone is 2. The van der Waals surface area contributed by atoms with Gasteiger partial charge in [-0.25, -0.2) is 0 Å². The van der Waals surface area contributed by atoms with Gasteiger partial charge in [0.2, 0.25) is 6.41 Å². The van der Waals surface area contributed by atoms with Crippen molar-refractivity contribution >= 4 is 6.41 Å². The SMILES string of the molecule is CCCC/C=C/N(C=O)/C=C/CCCC. The van der Waals surface area contributed by atoms with E-state index in [9.17, 15) is 4.79 Å². The molecule has 0 bridgehead atoms. The molecule has 0 aromatic rings. The quantitative estimate of drug-likeness (QED) is 0.417. The zero-order valence-corrected chi connectivity index (χ0v) is 9.98. The van der Waals surface area contributed by atoms with Crippen LogP contribution in [0.1, 0.15) is 52.4 Å². The van der Waals surface area contributed by atoms with Crippen molar-refractivity contribution in [3.05, 3.63) is 24.6 Å². The number of carbonyl (C=O) groups excluding carboxylic acids is 1. The van der Waals surface area contributed by atoms with E-state index in [0.29, 0.717) is 0 Å². The molecule has 2 heteroatoms. The topological polar surface area (TPSA) is 20.3 Å². The second-order valence-electron chi connectivity index (χ2n) is 3.61. The molecule has 0 atom stereocenters. The lowest BCUT2D eigenvalue weighted by molar-refractivity contribution is -0.114. The summed E-state index contributed by atoms with van der Waals surface area (Å²) in [6.07, 6.45) is 15.4. The maximum atomic E-state index is 10.7. The Labute approximate surface area is 93.7 Å². The standard InChI is InChI=1S/C13H23NO/c1-3-5-7-9-11-14(13-15)12-10-8-6-4-2/h9-13H,3-8H2,1-2H3/b11-9+,12-10+. The molecular formula is C13H23NO. The molecule has 86 valence electrons. The number of rotatable bonds is 9. The molecule has 0 saturated carbocycles. The number of carbonyl (C=O) groups is 1. The Balaban J connectivity index is 3.75. The van der Waals surface area contributed by atoms with Crippen molar-refractivity contribution in [3.63, 3.8) is 0 Å². The van der Waals surface area contributed by atoms with Gasteiger partial charge in [0.1, 0.15) is 0 Å². The Morgan fingerprint density at radius 1 is 0.933 bits per heavy atom. The van der Waals surface area contributed by atoms with E-state index >= 15 is 0 Å². The fourth-order valence-corrected chi connectivity index (χ4v) is 1.16. The highest BCUT2D eigenvalue weighted by Crippen LogP contribution is 1.99. The summed E-state index contributed by atoms with van der Waals surface area (Å²) in [4.78, 5) is 12.2. The minimum absolute atomic E-state index is 0.838. The molecule has 0 unspecified atom stereocenters. The van der Waals surface area contributed by atoms with Gasteiger partial charge in [0.05, 0.1) is 0 Å². The molecule has 0 aromatic heterocycles. The number of amides is 1. The summed E-state index contributed by atoms with van der Waals surface area (Å²) in [6.45, 7) is 4.33. The summed E-state index contributed by atoms with van der Waals surface area (Å²) in [7, 11) is 0. The van der Waals surface area contributed by atoms with Crippen molar-refractivity contribution in [2.75, 3.05) is 0 Å². The first kappa shape index (κ1) is 13.9. The molecule has 0 aliphatic heterocycles. The summed E-state index contributed by atoms with van der Waals surface area (Å²) in [5.41, 5.74) is 0. The minimum atomic E-state index is 0.838. The second kappa shape index (κ2) is 11.0. The molecule has 0 heterocycles. The summed E-state index contributed by atoms with van der Waals surface area (Å²) in [5.74, 6) is 0. The fraction of sp³-hybridized carbons (Fsp3) is 0.615. The van der Waals surface area contributed by atoms with Crippen LogP contribution in [0, 0.1) is 0 Å². The molecule has 15 heavy (non-hydrogen) atoms. The normalized spacial score (nSPS) is 11.3. The lowest BCUT2D eigenvalue weighted by atomic mass is 10.2. The monoisotopic (exact) mass is 209 g/mol. The molecule has 0 aliphatic carbocycles. The van der Waals surface area contributed by atoms with Gasteiger partial charge in [0.15, 0.2) is 0 Å². The van der Waals surface area contributed by atoms with Gasteiger partial charge in [0, 0.05) is 12.4 Å². The molecule has 0 fully saturated rings. The molecule has 0 spiro atoms. The Morgan fingerprint density at radius 3 is 1.73 bits per heavy atom. The highest BCUT2D eigenvalue weighted by molar-refractivity contribution is 5.50. The van der Waals surface area contributed by atoms with Crippen LogP contribution < -0.4 is 0 Å². The van der Waals surface area contributed by atoms with E-state index < -0.39 is 0 Å². The average Bonchev–Trinajstić information content (AvgIpc) is 2.27. The van der Waals surface area contributed by atoms with Gasteiger partial charge in [-0.15, -0.1) is 0 Å². The molecule has 1 amide bonds. The van der Waals surface area contributed by atoms with Gasteiger partial charge < -0.3 is 0 Å². The van der Waals surface area contributed by atoms with Crippen LogP contribution in [0.25, 0.3) is 0 Å². The Morgan fingerprint density at radius 2 is 1.40 bits per heavy atom. The predicted octanol–water partition coefficient (Wildman–Crippen LogP) is 3.85.